The summed E-state index contributed by atoms with van der Waals surface area (Å²) in [5.41, 5.74) is 0.255. The monoisotopic (exact) mass is 268 g/mol. The molecule has 90 valence electrons. The van der Waals surface area contributed by atoms with E-state index in [1.54, 1.807) is 6.07 Å². The predicted molar refractivity (Wildman–Crippen MR) is 74.5 cm³/mol. The van der Waals surface area contributed by atoms with E-state index in [1.807, 2.05) is 42.5 Å². The molecule has 0 aliphatic heterocycles. The van der Waals surface area contributed by atoms with Crippen molar-refractivity contribution in [3.63, 3.8) is 0 Å². The first-order chi connectivity index (χ1) is 9.25. The van der Waals surface area contributed by atoms with Crippen LogP contribution in [0.5, 0.6) is 0 Å². The van der Waals surface area contributed by atoms with Gasteiger partial charge in [-0.3, -0.25) is 0 Å². The Balaban J connectivity index is 0.00000121. The molecule has 0 saturated carbocycles. The van der Waals surface area contributed by atoms with Crippen molar-refractivity contribution >= 4 is 38.3 Å². The van der Waals surface area contributed by atoms with Gasteiger partial charge in [0.2, 0.25) is 0 Å². The summed E-state index contributed by atoms with van der Waals surface area (Å²) in [7, 11) is 0. The van der Waals surface area contributed by atoms with Crippen LogP contribution in [0.1, 0.15) is 10.4 Å². The number of carboxylic acid groups (broad SMARTS) is 1. The van der Waals surface area contributed by atoms with E-state index in [4.69, 9.17) is 0 Å². The van der Waals surface area contributed by atoms with E-state index in [1.165, 1.54) is 0 Å². The van der Waals surface area contributed by atoms with Gasteiger partial charge in [0.05, 0.1) is 5.97 Å². The third kappa shape index (κ3) is 1.73. The predicted octanol–water partition coefficient (Wildman–Crippen LogP) is -0.0485. The van der Waals surface area contributed by atoms with Gasteiger partial charge in [-0.05, 0) is 32.3 Å². The zero-order chi connectivity index (χ0) is 13.0. The van der Waals surface area contributed by atoms with Crippen molar-refractivity contribution in [2.45, 2.75) is 0 Å². The molecule has 0 N–H and O–H groups in total. The second kappa shape index (κ2) is 4.74. The Morgan fingerprint density at radius 3 is 1.95 bits per heavy atom. The normalized spacial score (nSPS) is 11.0. The topological polar surface area (TPSA) is 40.1 Å². The van der Waals surface area contributed by atoms with Gasteiger partial charge >= 0.3 is 29.6 Å². The summed E-state index contributed by atoms with van der Waals surface area (Å²) in [5.74, 6) is -1.13. The molecule has 2 nitrogen and oxygen atoms in total. The minimum atomic E-state index is -1.13. The number of aromatic carboxylic acids is 1. The largest absolute Gasteiger partial charge is 1.00 e. The minimum absolute atomic E-state index is 0. The maximum Gasteiger partial charge on any atom is 1.00 e. The smallest absolute Gasteiger partial charge is 0.545 e. The third-order valence-electron chi connectivity index (χ3n) is 3.75. The zero-order valence-electron chi connectivity index (χ0n) is 11.0. The van der Waals surface area contributed by atoms with Crippen LogP contribution in [0.15, 0.2) is 54.6 Å². The summed E-state index contributed by atoms with van der Waals surface area (Å²) >= 11 is 0. The van der Waals surface area contributed by atoms with E-state index in [0.29, 0.717) is 0 Å². The zero-order valence-corrected chi connectivity index (χ0v) is 13.0. The number of carbonyl (C=O) groups is 1. The summed E-state index contributed by atoms with van der Waals surface area (Å²) < 4.78 is 0. The summed E-state index contributed by atoms with van der Waals surface area (Å²) in [6, 6.07) is 17.5. The van der Waals surface area contributed by atoms with Crippen molar-refractivity contribution in [1.29, 1.82) is 0 Å². The number of rotatable bonds is 1. The molecule has 3 heteroatoms. The minimum Gasteiger partial charge on any atom is -0.545 e. The maximum atomic E-state index is 11.2. The average Bonchev–Trinajstić information content (AvgIpc) is 2.44. The summed E-state index contributed by atoms with van der Waals surface area (Å²) in [4.78, 5) is 11.2. The molecule has 0 aliphatic carbocycles. The Kier molecular flexibility index (Phi) is 3.17. The van der Waals surface area contributed by atoms with E-state index in [9.17, 15) is 9.90 Å². The van der Waals surface area contributed by atoms with Crippen LogP contribution >= 0.6 is 0 Å². The number of benzene rings is 4. The van der Waals surface area contributed by atoms with Crippen LogP contribution in [0.2, 0.25) is 0 Å². The first-order valence-electron chi connectivity index (χ1n) is 6.13. The molecule has 0 spiro atoms. The van der Waals surface area contributed by atoms with E-state index < -0.39 is 5.97 Å². The summed E-state index contributed by atoms with van der Waals surface area (Å²) in [5, 5.41) is 17.4. The first kappa shape index (κ1) is 13.4. The Morgan fingerprint density at radius 2 is 1.30 bits per heavy atom. The van der Waals surface area contributed by atoms with E-state index in [0.717, 1.165) is 32.3 Å². The Morgan fingerprint density at radius 1 is 0.750 bits per heavy atom. The number of carbonyl (C=O) groups excluding carboxylic acids is 1. The van der Waals surface area contributed by atoms with Crippen LogP contribution in [0.4, 0.5) is 0 Å². The van der Waals surface area contributed by atoms with Gasteiger partial charge in [0, 0.05) is 5.56 Å². The van der Waals surface area contributed by atoms with Crippen molar-refractivity contribution in [3.05, 3.63) is 60.2 Å². The molecule has 0 fully saturated rings. The molecule has 0 aromatic heterocycles. The number of hydrogen-bond donors (Lipinski definition) is 0. The van der Waals surface area contributed by atoms with Crippen LogP contribution in [0.3, 0.4) is 0 Å². The molecule has 0 saturated heterocycles. The van der Waals surface area contributed by atoms with Crippen LogP contribution < -0.4 is 34.7 Å². The second-order valence-corrected chi connectivity index (χ2v) is 4.76. The molecule has 4 rings (SSSR count). The number of hydrogen-bond acceptors (Lipinski definition) is 2. The van der Waals surface area contributed by atoms with Crippen molar-refractivity contribution in [2.75, 3.05) is 0 Å². The van der Waals surface area contributed by atoms with Gasteiger partial charge in [-0.25, -0.2) is 0 Å². The van der Waals surface area contributed by atoms with Gasteiger partial charge in [-0.1, -0.05) is 54.6 Å². The molecule has 20 heavy (non-hydrogen) atoms. The fourth-order valence-electron chi connectivity index (χ4n) is 2.91. The van der Waals surface area contributed by atoms with Crippen molar-refractivity contribution in [2.24, 2.45) is 0 Å². The molecule has 0 unspecified atom stereocenters. The van der Waals surface area contributed by atoms with Gasteiger partial charge in [0.15, 0.2) is 0 Å². The van der Waals surface area contributed by atoms with Gasteiger partial charge in [-0.15, -0.1) is 0 Å². The van der Waals surface area contributed by atoms with Crippen LogP contribution in [-0.2, 0) is 0 Å². The Hall–Kier alpha value is -1.61. The van der Waals surface area contributed by atoms with Crippen molar-refractivity contribution in [1.82, 2.24) is 0 Å². The quantitative estimate of drug-likeness (QED) is 0.359. The van der Waals surface area contributed by atoms with Gasteiger partial charge in [0.1, 0.15) is 0 Å². The molecule has 0 amide bonds. The third-order valence-corrected chi connectivity index (χ3v) is 3.75. The molecule has 0 bridgehead atoms. The molecule has 0 radical (unpaired) electrons. The molecule has 0 heterocycles. The fraction of sp³-hybridized carbons (Fsp3) is 0. The molecule has 4 aromatic rings. The van der Waals surface area contributed by atoms with Crippen molar-refractivity contribution < 1.29 is 39.5 Å². The molecule has 4 aromatic carbocycles. The molecule has 0 atom stereocenters. The molecular weight excluding hydrogens is 259 g/mol. The summed E-state index contributed by atoms with van der Waals surface area (Å²) in [6.07, 6.45) is 0. The van der Waals surface area contributed by atoms with Gasteiger partial charge in [0.25, 0.3) is 0 Å². The molecular formula is C17H9NaO2. The molecule has 0 aliphatic rings. The maximum absolute atomic E-state index is 11.2. The van der Waals surface area contributed by atoms with E-state index >= 15 is 0 Å². The number of carboxylic acids is 1. The Labute approximate surface area is 137 Å². The van der Waals surface area contributed by atoms with Crippen LogP contribution in [-0.4, -0.2) is 5.97 Å². The summed E-state index contributed by atoms with van der Waals surface area (Å²) in [6.45, 7) is 0. The van der Waals surface area contributed by atoms with Gasteiger partial charge in [-0.2, -0.15) is 0 Å². The van der Waals surface area contributed by atoms with Crippen molar-refractivity contribution in [3.8, 4) is 0 Å². The van der Waals surface area contributed by atoms with Crippen LogP contribution in [0.25, 0.3) is 32.3 Å². The first-order valence-corrected chi connectivity index (χ1v) is 6.13. The van der Waals surface area contributed by atoms with Gasteiger partial charge < -0.3 is 9.90 Å². The standard InChI is InChI=1S/C17H10O2.Na/c18-17(19)14-9-7-12-5-4-10-2-1-3-11-6-8-13(14)16(12)15(10)11;/h1-9H,(H,18,19);/q;+1/p-1. The fourth-order valence-corrected chi connectivity index (χ4v) is 2.91. The van der Waals surface area contributed by atoms with E-state index in [-0.39, 0.29) is 35.1 Å². The van der Waals surface area contributed by atoms with E-state index in [2.05, 4.69) is 6.07 Å². The average molecular weight is 268 g/mol. The SMILES string of the molecule is O=C([O-])c1ccc2ccc3cccc4ccc1c2c34.[Na+]. The Bertz CT molecular complexity index is 928. The van der Waals surface area contributed by atoms with Crippen LogP contribution in [0, 0.1) is 0 Å². The second-order valence-electron chi connectivity index (χ2n) is 4.76.